The summed E-state index contributed by atoms with van der Waals surface area (Å²) >= 11 is 1.69. The second kappa shape index (κ2) is 9.71. The van der Waals surface area contributed by atoms with E-state index < -0.39 is 0 Å². The minimum Gasteiger partial charge on any atom is -0.355 e. The first-order valence-electron chi connectivity index (χ1n) is 7.40. The molecule has 1 fully saturated rings. The highest BCUT2D eigenvalue weighted by Crippen LogP contribution is 2.23. The van der Waals surface area contributed by atoms with Crippen LogP contribution in [0.1, 0.15) is 44.3 Å². The summed E-state index contributed by atoms with van der Waals surface area (Å²) in [7, 11) is 0. The van der Waals surface area contributed by atoms with Crippen LogP contribution in [-0.2, 0) is 16.6 Å². The van der Waals surface area contributed by atoms with Gasteiger partial charge in [0.25, 0.3) is 0 Å². The summed E-state index contributed by atoms with van der Waals surface area (Å²) < 4.78 is 0. The highest BCUT2D eigenvalue weighted by Gasteiger charge is 2.21. The standard InChI is InChI=1S/C15H25N3OS.2ClH/c1-15(2,3)12-10-20-13(18-12)6-8-17-14(19)11-5-4-7-16-9-11;;/h10-11,16H,4-9H2,1-3H3,(H,17,19);2*1H. The van der Waals surface area contributed by atoms with Crippen molar-refractivity contribution in [2.45, 2.75) is 45.4 Å². The number of hydrogen-bond donors (Lipinski definition) is 2. The molecule has 0 bridgehead atoms. The van der Waals surface area contributed by atoms with Crippen LogP contribution in [0.25, 0.3) is 0 Å². The summed E-state index contributed by atoms with van der Waals surface area (Å²) in [5.74, 6) is 0.329. The van der Waals surface area contributed by atoms with Crippen molar-refractivity contribution in [2.24, 2.45) is 5.92 Å². The van der Waals surface area contributed by atoms with Gasteiger partial charge in [-0.05, 0) is 19.4 Å². The van der Waals surface area contributed by atoms with Gasteiger partial charge in [0.15, 0.2) is 0 Å². The molecular formula is C15H27Cl2N3OS. The second-order valence-corrected chi connectivity index (χ2v) is 7.40. The average molecular weight is 368 g/mol. The number of nitrogens with zero attached hydrogens (tertiary/aromatic N) is 1. The minimum absolute atomic E-state index is 0. The van der Waals surface area contributed by atoms with E-state index in [1.807, 2.05) is 0 Å². The van der Waals surface area contributed by atoms with E-state index in [1.54, 1.807) is 11.3 Å². The number of nitrogens with one attached hydrogen (secondary N) is 2. The van der Waals surface area contributed by atoms with Crippen molar-refractivity contribution in [1.29, 1.82) is 0 Å². The number of rotatable bonds is 4. The van der Waals surface area contributed by atoms with Crippen LogP contribution in [-0.4, -0.2) is 30.5 Å². The van der Waals surface area contributed by atoms with E-state index in [4.69, 9.17) is 0 Å². The van der Waals surface area contributed by atoms with Gasteiger partial charge >= 0.3 is 0 Å². The molecule has 1 aromatic heterocycles. The molecule has 2 rings (SSSR count). The topological polar surface area (TPSA) is 54.0 Å². The quantitative estimate of drug-likeness (QED) is 0.859. The Kier molecular flexibility index (Phi) is 9.55. The fourth-order valence-corrected chi connectivity index (χ4v) is 3.31. The molecule has 0 radical (unpaired) electrons. The zero-order valence-corrected chi connectivity index (χ0v) is 15.9. The average Bonchev–Trinajstić information content (AvgIpc) is 2.88. The lowest BCUT2D eigenvalue weighted by Gasteiger charge is -2.21. The first-order valence-corrected chi connectivity index (χ1v) is 8.28. The van der Waals surface area contributed by atoms with Crippen molar-refractivity contribution in [3.05, 3.63) is 16.1 Å². The highest BCUT2D eigenvalue weighted by atomic mass is 35.5. The normalized spacial score (nSPS) is 18.0. The highest BCUT2D eigenvalue weighted by molar-refractivity contribution is 7.09. The van der Waals surface area contributed by atoms with Crippen molar-refractivity contribution in [3.63, 3.8) is 0 Å². The Morgan fingerprint density at radius 1 is 1.45 bits per heavy atom. The van der Waals surface area contributed by atoms with Crippen LogP contribution in [0.3, 0.4) is 0 Å². The van der Waals surface area contributed by atoms with E-state index in [9.17, 15) is 4.79 Å². The van der Waals surface area contributed by atoms with Crippen molar-refractivity contribution in [3.8, 4) is 0 Å². The molecule has 2 heterocycles. The summed E-state index contributed by atoms with van der Waals surface area (Å²) in [6.45, 7) is 9.05. The van der Waals surface area contributed by atoms with E-state index in [-0.39, 0.29) is 42.1 Å². The summed E-state index contributed by atoms with van der Waals surface area (Å²) in [6.07, 6.45) is 2.93. The molecular weight excluding hydrogens is 341 g/mol. The maximum Gasteiger partial charge on any atom is 0.224 e. The Hall–Kier alpha value is -0.360. The molecule has 2 N–H and O–H groups in total. The summed E-state index contributed by atoms with van der Waals surface area (Å²) in [5.41, 5.74) is 1.24. The summed E-state index contributed by atoms with van der Waals surface area (Å²) in [6, 6.07) is 0. The van der Waals surface area contributed by atoms with Crippen molar-refractivity contribution < 1.29 is 4.79 Å². The molecule has 0 aromatic carbocycles. The molecule has 7 heteroatoms. The van der Waals surface area contributed by atoms with Gasteiger partial charge < -0.3 is 10.6 Å². The lowest BCUT2D eigenvalue weighted by Crippen LogP contribution is -2.41. The van der Waals surface area contributed by atoms with Crippen LogP contribution in [0.2, 0.25) is 0 Å². The van der Waals surface area contributed by atoms with Crippen LogP contribution in [0.15, 0.2) is 5.38 Å². The van der Waals surface area contributed by atoms with E-state index in [0.717, 1.165) is 43.1 Å². The molecule has 1 atom stereocenters. The molecule has 4 nitrogen and oxygen atoms in total. The van der Waals surface area contributed by atoms with Gasteiger partial charge in [-0.15, -0.1) is 36.2 Å². The van der Waals surface area contributed by atoms with Crippen LogP contribution in [0.5, 0.6) is 0 Å². The van der Waals surface area contributed by atoms with Gasteiger partial charge in [0.1, 0.15) is 0 Å². The van der Waals surface area contributed by atoms with Gasteiger partial charge in [-0.1, -0.05) is 20.8 Å². The zero-order chi connectivity index (χ0) is 14.6. The Morgan fingerprint density at radius 2 is 2.18 bits per heavy atom. The molecule has 128 valence electrons. The van der Waals surface area contributed by atoms with Crippen LogP contribution in [0, 0.1) is 5.92 Å². The predicted octanol–water partition coefficient (Wildman–Crippen LogP) is 2.94. The minimum atomic E-state index is 0. The fourth-order valence-electron chi connectivity index (χ4n) is 2.28. The Labute approximate surface area is 149 Å². The number of carbonyl (C=O) groups excluding carboxylic acids is 1. The number of piperidine rings is 1. The number of carbonyl (C=O) groups is 1. The van der Waals surface area contributed by atoms with Crippen molar-refractivity contribution in [1.82, 2.24) is 15.6 Å². The van der Waals surface area contributed by atoms with Crippen molar-refractivity contribution >= 4 is 42.1 Å². The Bertz CT molecular complexity index is 454. The van der Waals surface area contributed by atoms with E-state index in [2.05, 4.69) is 41.8 Å². The monoisotopic (exact) mass is 367 g/mol. The molecule has 1 aromatic rings. The number of aromatic nitrogens is 1. The van der Waals surface area contributed by atoms with Gasteiger partial charge in [0.05, 0.1) is 16.6 Å². The first-order chi connectivity index (χ1) is 9.47. The summed E-state index contributed by atoms with van der Waals surface area (Å²) in [4.78, 5) is 16.6. The molecule has 1 aliphatic heterocycles. The van der Waals surface area contributed by atoms with Gasteiger partial charge in [0.2, 0.25) is 5.91 Å². The number of halogens is 2. The molecule has 0 saturated carbocycles. The largest absolute Gasteiger partial charge is 0.355 e. The third kappa shape index (κ3) is 6.41. The number of amides is 1. The first kappa shape index (κ1) is 21.6. The molecule has 22 heavy (non-hydrogen) atoms. The maximum atomic E-state index is 12.0. The Morgan fingerprint density at radius 3 is 2.73 bits per heavy atom. The molecule has 1 aliphatic rings. The van der Waals surface area contributed by atoms with Gasteiger partial charge in [-0.3, -0.25) is 4.79 Å². The molecule has 1 amide bonds. The van der Waals surface area contributed by atoms with E-state index >= 15 is 0 Å². The Balaban J connectivity index is 0.00000220. The lowest BCUT2D eigenvalue weighted by molar-refractivity contribution is -0.125. The van der Waals surface area contributed by atoms with Crippen LogP contribution >= 0.6 is 36.2 Å². The van der Waals surface area contributed by atoms with Gasteiger partial charge in [-0.2, -0.15) is 0 Å². The van der Waals surface area contributed by atoms with Gasteiger partial charge in [0, 0.05) is 30.3 Å². The summed E-state index contributed by atoms with van der Waals surface area (Å²) in [5, 5.41) is 9.54. The third-order valence-corrected chi connectivity index (χ3v) is 4.53. The van der Waals surface area contributed by atoms with E-state index in [1.165, 1.54) is 0 Å². The third-order valence-electron chi connectivity index (χ3n) is 3.63. The van der Waals surface area contributed by atoms with E-state index in [0.29, 0.717) is 6.54 Å². The lowest BCUT2D eigenvalue weighted by atomic mass is 9.93. The smallest absolute Gasteiger partial charge is 0.224 e. The van der Waals surface area contributed by atoms with Crippen LogP contribution in [0.4, 0.5) is 0 Å². The molecule has 0 aliphatic carbocycles. The number of thiazole rings is 1. The maximum absolute atomic E-state index is 12.0. The van der Waals surface area contributed by atoms with Gasteiger partial charge in [-0.25, -0.2) is 4.98 Å². The van der Waals surface area contributed by atoms with Crippen LogP contribution < -0.4 is 10.6 Å². The fraction of sp³-hybridized carbons (Fsp3) is 0.733. The molecule has 1 saturated heterocycles. The molecule has 0 spiro atoms. The second-order valence-electron chi connectivity index (χ2n) is 6.46. The van der Waals surface area contributed by atoms with Crippen molar-refractivity contribution in [2.75, 3.05) is 19.6 Å². The number of hydrogen-bond acceptors (Lipinski definition) is 4. The SMILES string of the molecule is CC(C)(C)c1csc(CCNC(=O)C2CCCNC2)n1.Cl.Cl. The predicted molar refractivity (Wildman–Crippen MR) is 97.6 cm³/mol. The zero-order valence-electron chi connectivity index (χ0n) is 13.5. The molecule has 1 unspecified atom stereocenters.